The molecule has 2 aromatic rings. The van der Waals surface area contributed by atoms with Gasteiger partial charge in [-0.1, -0.05) is 23.7 Å². The van der Waals surface area contributed by atoms with Crippen LogP contribution in [0.5, 0.6) is 0 Å². The van der Waals surface area contributed by atoms with Gasteiger partial charge < -0.3 is 0 Å². The number of para-hydroxylation sites is 1. The zero-order valence-electron chi connectivity index (χ0n) is 9.40. The molecule has 1 N–H and O–H groups in total. The van der Waals surface area contributed by atoms with Crippen LogP contribution in [0.2, 0.25) is 5.02 Å². The highest BCUT2D eigenvalue weighted by Gasteiger charge is 2.20. The van der Waals surface area contributed by atoms with Crippen LogP contribution in [-0.2, 0) is 10.0 Å². The molecule has 100 valence electrons. The molecule has 0 saturated heterocycles. The minimum atomic E-state index is -4.00. The van der Waals surface area contributed by atoms with Gasteiger partial charge in [0.05, 0.1) is 5.69 Å². The molecule has 0 spiro atoms. The molecule has 0 fully saturated rings. The Hall–Kier alpha value is -1.11. The van der Waals surface area contributed by atoms with Crippen molar-refractivity contribution >= 4 is 43.2 Å². The summed E-state index contributed by atoms with van der Waals surface area (Å²) in [6.45, 7) is 0. The zero-order valence-corrected chi connectivity index (χ0v) is 12.6. The van der Waals surface area contributed by atoms with Gasteiger partial charge in [-0.3, -0.25) is 4.72 Å². The van der Waals surface area contributed by atoms with E-state index in [4.69, 9.17) is 11.6 Å². The van der Waals surface area contributed by atoms with E-state index in [2.05, 4.69) is 20.7 Å². The van der Waals surface area contributed by atoms with E-state index in [0.717, 1.165) is 12.1 Å². The van der Waals surface area contributed by atoms with Crippen molar-refractivity contribution in [2.75, 3.05) is 4.72 Å². The van der Waals surface area contributed by atoms with Gasteiger partial charge in [-0.05, 0) is 46.3 Å². The molecular formula is C12H8BrClFNO2S. The van der Waals surface area contributed by atoms with Crippen molar-refractivity contribution in [3.63, 3.8) is 0 Å². The van der Waals surface area contributed by atoms with Crippen LogP contribution < -0.4 is 4.72 Å². The Morgan fingerprint density at radius 2 is 1.84 bits per heavy atom. The van der Waals surface area contributed by atoms with Crippen LogP contribution in [0.3, 0.4) is 0 Å². The summed E-state index contributed by atoms with van der Waals surface area (Å²) < 4.78 is 40.6. The number of hydrogen-bond donors (Lipinski definition) is 1. The highest BCUT2D eigenvalue weighted by atomic mass is 79.9. The molecule has 19 heavy (non-hydrogen) atoms. The topological polar surface area (TPSA) is 46.2 Å². The Labute approximate surface area is 123 Å². The van der Waals surface area contributed by atoms with Gasteiger partial charge in [0, 0.05) is 9.50 Å². The van der Waals surface area contributed by atoms with Crippen LogP contribution in [0.1, 0.15) is 0 Å². The van der Waals surface area contributed by atoms with E-state index in [-0.39, 0.29) is 5.02 Å². The van der Waals surface area contributed by atoms with Crippen LogP contribution in [0, 0.1) is 5.82 Å². The second kappa shape index (κ2) is 5.48. The second-order valence-corrected chi connectivity index (χ2v) is 6.60. The van der Waals surface area contributed by atoms with Gasteiger partial charge in [0.25, 0.3) is 10.0 Å². The molecule has 0 bridgehead atoms. The summed E-state index contributed by atoms with van der Waals surface area (Å²) in [7, 11) is -4.00. The molecule has 0 aromatic heterocycles. The van der Waals surface area contributed by atoms with Crippen molar-refractivity contribution in [2.24, 2.45) is 0 Å². The molecule has 2 rings (SSSR count). The lowest BCUT2D eigenvalue weighted by Crippen LogP contribution is -2.14. The summed E-state index contributed by atoms with van der Waals surface area (Å²) in [5, 5.41) is 0.136. The van der Waals surface area contributed by atoms with Gasteiger partial charge in [0.15, 0.2) is 0 Å². The van der Waals surface area contributed by atoms with E-state index in [1.54, 1.807) is 24.3 Å². The fourth-order valence-electron chi connectivity index (χ4n) is 1.44. The third-order valence-electron chi connectivity index (χ3n) is 2.30. The van der Waals surface area contributed by atoms with Crippen molar-refractivity contribution in [1.82, 2.24) is 0 Å². The fraction of sp³-hybridized carbons (Fsp3) is 0. The van der Waals surface area contributed by atoms with E-state index in [1.807, 2.05) is 0 Å². The predicted octanol–water partition coefficient (Wildman–Crippen LogP) is 4.04. The van der Waals surface area contributed by atoms with Crippen molar-refractivity contribution in [3.05, 3.63) is 57.8 Å². The normalized spacial score (nSPS) is 11.3. The predicted molar refractivity (Wildman–Crippen MR) is 76.4 cm³/mol. The third-order valence-corrected chi connectivity index (χ3v) is 4.63. The maximum absolute atomic E-state index is 13.6. The van der Waals surface area contributed by atoms with Gasteiger partial charge in [0.1, 0.15) is 10.7 Å². The number of halogens is 3. The molecule has 0 aliphatic heterocycles. The zero-order chi connectivity index (χ0) is 14.0. The number of nitrogens with one attached hydrogen (secondary N) is 1. The summed E-state index contributed by atoms with van der Waals surface area (Å²) >= 11 is 8.80. The SMILES string of the molecule is O=S(=O)(Nc1ccccc1Br)c1ccc(Cl)cc1F. The average molecular weight is 365 g/mol. The summed E-state index contributed by atoms with van der Waals surface area (Å²) in [5.41, 5.74) is 0.330. The van der Waals surface area contributed by atoms with Crippen LogP contribution in [0.15, 0.2) is 51.8 Å². The molecule has 0 atom stereocenters. The molecule has 7 heteroatoms. The van der Waals surface area contributed by atoms with Gasteiger partial charge in [0.2, 0.25) is 0 Å². The van der Waals surface area contributed by atoms with Crippen LogP contribution >= 0.6 is 27.5 Å². The standard InChI is InChI=1S/C12H8BrClFNO2S/c13-9-3-1-2-4-11(9)16-19(17,18)12-6-5-8(14)7-10(12)15/h1-7,16H. The first-order valence-corrected chi connectivity index (χ1v) is 7.78. The van der Waals surface area contributed by atoms with E-state index < -0.39 is 20.7 Å². The Kier molecular flexibility index (Phi) is 4.13. The van der Waals surface area contributed by atoms with Crippen LogP contribution in [-0.4, -0.2) is 8.42 Å². The van der Waals surface area contributed by atoms with E-state index in [1.165, 1.54) is 6.07 Å². The molecule has 3 nitrogen and oxygen atoms in total. The number of rotatable bonds is 3. The monoisotopic (exact) mass is 363 g/mol. The number of hydrogen-bond acceptors (Lipinski definition) is 2. The van der Waals surface area contributed by atoms with Crippen molar-refractivity contribution < 1.29 is 12.8 Å². The average Bonchev–Trinajstić information content (AvgIpc) is 2.31. The summed E-state index contributed by atoms with van der Waals surface area (Å²) in [5.74, 6) is -0.896. The summed E-state index contributed by atoms with van der Waals surface area (Å²) in [6.07, 6.45) is 0. The lowest BCUT2D eigenvalue weighted by atomic mass is 10.3. The molecule has 0 heterocycles. The molecule has 2 aromatic carbocycles. The number of sulfonamides is 1. The first-order valence-electron chi connectivity index (χ1n) is 5.12. The molecule has 0 aliphatic carbocycles. The minimum absolute atomic E-state index is 0.136. The van der Waals surface area contributed by atoms with Crippen molar-refractivity contribution in [2.45, 2.75) is 4.90 Å². The van der Waals surface area contributed by atoms with Gasteiger partial charge in [-0.2, -0.15) is 0 Å². The van der Waals surface area contributed by atoms with Crippen LogP contribution in [0.25, 0.3) is 0 Å². The first-order chi connectivity index (χ1) is 8.90. The van der Waals surface area contributed by atoms with Crippen molar-refractivity contribution in [3.8, 4) is 0 Å². The van der Waals surface area contributed by atoms with Gasteiger partial charge in [-0.25, -0.2) is 12.8 Å². The minimum Gasteiger partial charge on any atom is -0.278 e. The third kappa shape index (κ3) is 3.26. The Bertz CT molecular complexity index is 721. The molecule has 0 unspecified atom stereocenters. The van der Waals surface area contributed by atoms with E-state index in [9.17, 15) is 12.8 Å². The van der Waals surface area contributed by atoms with Crippen molar-refractivity contribution in [1.29, 1.82) is 0 Å². The van der Waals surface area contributed by atoms with E-state index >= 15 is 0 Å². The number of anilines is 1. The maximum atomic E-state index is 13.6. The fourth-order valence-corrected chi connectivity index (χ4v) is 3.25. The van der Waals surface area contributed by atoms with Crippen LogP contribution in [0.4, 0.5) is 10.1 Å². The quantitative estimate of drug-likeness (QED) is 0.893. The number of benzene rings is 2. The highest BCUT2D eigenvalue weighted by molar-refractivity contribution is 9.10. The largest absolute Gasteiger partial charge is 0.278 e. The van der Waals surface area contributed by atoms with E-state index in [0.29, 0.717) is 10.2 Å². The summed E-state index contributed by atoms with van der Waals surface area (Å²) in [6, 6.07) is 10.0. The Balaban J connectivity index is 2.41. The first kappa shape index (κ1) is 14.3. The second-order valence-electron chi connectivity index (χ2n) is 3.66. The van der Waals surface area contributed by atoms with Gasteiger partial charge in [-0.15, -0.1) is 0 Å². The molecule has 0 aliphatic rings. The smallest absolute Gasteiger partial charge is 0.264 e. The Morgan fingerprint density at radius 3 is 2.47 bits per heavy atom. The molecule has 0 saturated carbocycles. The highest BCUT2D eigenvalue weighted by Crippen LogP contribution is 2.26. The lowest BCUT2D eigenvalue weighted by molar-refractivity contribution is 0.570. The summed E-state index contributed by atoms with van der Waals surface area (Å²) in [4.78, 5) is -0.451. The lowest BCUT2D eigenvalue weighted by Gasteiger charge is -2.10. The van der Waals surface area contributed by atoms with Gasteiger partial charge >= 0.3 is 0 Å². The Morgan fingerprint density at radius 1 is 1.16 bits per heavy atom. The molecule has 0 amide bonds. The maximum Gasteiger partial charge on any atom is 0.264 e. The molecule has 0 radical (unpaired) electrons. The molecular weight excluding hydrogens is 357 g/mol.